The molecule has 1 aliphatic rings. The lowest BCUT2D eigenvalue weighted by Gasteiger charge is -2.39. The average molecular weight is 421 g/mol. The fourth-order valence-electron chi connectivity index (χ4n) is 4.17. The second kappa shape index (κ2) is 8.00. The van der Waals surface area contributed by atoms with Crippen LogP contribution in [0, 0.1) is 5.82 Å². The Morgan fingerprint density at radius 1 is 1.13 bits per heavy atom. The lowest BCUT2D eigenvalue weighted by atomic mass is 9.74. The molecule has 1 saturated heterocycles. The number of nitrogens with one attached hydrogen (secondary N) is 2. The van der Waals surface area contributed by atoms with Gasteiger partial charge in [0, 0.05) is 16.4 Å². The van der Waals surface area contributed by atoms with Gasteiger partial charge in [-0.2, -0.15) is 18.3 Å². The average Bonchev–Trinajstić information content (AvgIpc) is 3.20. The van der Waals surface area contributed by atoms with Crippen molar-refractivity contribution in [2.24, 2.45) is 0 Å². The van der Waals surface area contributed by atoms with Crippen LogP contribution in [0.3, 0.4) is 0 Å². The zero-order valence-corrected chi connectivity index (χ0v) is 16.5. The number of halogens is 4. The lowest BCUT2D eigenvalue weighted by molar-refractivity contribution is -0.137. The molecule has 0 saturated carbocycles. The lowest BCUT2D eigenvalue weighted by Crippen LogP contribution is -2.43. The van der Waals surface area contributed by atoms with Gasteiger partial charge in [-0.1, -0.05) is 12.1 Å². The quantitative estimate of drug-likeness (QED) is 0.563. The molecule has 30 heavy (non-hydrogen) atoms. The SMILES string of the molecule is CC(OCC1(c2ccc(F)cc2)CCNCC1)c1cc(C(F)(F)F)cc2cn[nH]c12. The topological polar surface area (TPSA) is 49.9 Å². The highest BCUT2D eigenvalue weighted by Crippen LogP contribution is 2.38. The number of fused-ring (bicyclic) bond motifs is 1. The number of rotatable bonds is 5. The predicted octanol–water partition coefficient (Wildman–Crippen LogP) is 5.12. The van der Waals surface area contributed by atoms with Gasteiger partial charge in [0.15, 0.2) is 0 Å². The molecule has 4 rings (SSSR count). The Bertz CT molecular complexity index is 1010. The molecule has 0 amide bonds. The smallest absolute Gasteiger partial charge is 0.373 e. The Labute approximate surface area is 171 Å². The molecule has 0 aliphatic carbocycles. The number of hydrogen-bond acceptors (Lipinski definition) is 3. The van der Waals surface area contributed by atoms with Gasteiger partial charge in [0.2, 0.25) is 0 Å². The molecule has 3 aromatic rings. The summed E-state index contributed by atoms with van der Waals surface area (Å²) in [7, 11) is 0. The number of alkyl halides is 3. The molecule has 0 spiro atoms. The molecule has 1 unspecified atom stereocenters. The minimum absolute atomic E-state index is 0.303. The van der Waals surface area contributed by atoms with Crippen molar-refractivity contribution in [2.75, 3.05) is 19.7 Å². The maximum atomic E-state index is 13.4. The van der Waals surface area contributed by atoms with E-state index in [0.717, 1.165) is 43.6 Å². The largest absolute Gasteiger partial charge is 0.416 e. The molecule has 0 radical (unpaired) electrons. The first-order valence-corrected chi connectivity index (χ1v) is 9.91. The summed E-state index contributed by atoms with van der Waals surface area (Å²) in [6.45, 7) is 3.66. The van der Waals surface area contributed by atoms with Crippen LogP contribution >= 0.6 is 0 Å². The fraction of sp³-hybridized carbons (Fsp3) is 0.409. The van der Waals surface area contributed by atoms with Gasteiger partial charge in [0.25, 0.3) is 0 Å². The second-order valence-electron chi connectivity index (χ2n) is 7.89. The van der Waals surface area contributed by atoms with Crippen molar-refractivity contribution in [3.63, 3.8) is 0 Å². The van der Waals surface area contributed by atoms with Crippen LogP contribution in [0.1, 0.15) is 42.6 Å². The number of piperidine rings is 1. The van der Waals surface area contributed by atoms with E-state index in [0.29, 0.717) is 23.1 Å². The molecular formula is C22H23F4N3O. The van der Waals surface area contributed by atoms with Crippen LogP contribution in [0.15, 0.2) is 42.6 Å². The van der Waals surface area contributed by atoms with Crippen LogP contribution in [0.2, 0.25) is 0 Å². The van der Waals surface area contributed by atoms with Gasteiger partial charge >= 0.3 is 6.18 Å². The van der Waals surface area contributed by atoms with Crippen LogP contribution in [-0.4, -0.2) is 29.9 Å². The highest BCUT2D eigenvalue weighted by molar-refractivity contribution is 5.82. The summed E-state index contributed by atoms with van der Waals surface area (Å²) in [4.78, 5) is 0. The molecule has 0 bridgehead atoms. The molecule has 1 atom stereocenters. The maximum Gasteiger partial charge on any atom is 0.416 e. The van der Waals surface area contributed by atoms with E-state index >= 15 is 0 Å². The fourth-order valence-corrected chi connectivity index (χ4v) is 4.17. The summed E-state index contributed by atoms with van der Waals surface area (Å²) in [5.74, 6) is -0.303. The van der Waals surface area contributed by atoms with Gasteiger partial charge in [0.1, 0.15) is 5.82 Å². The normalized spacial score (nSPS) is 17.9. The molecule has 1 aromatic heterocycles. The van der Waals surface area contributed by atoms with Gasteiger partial charge in [-0.15, -0.1) is 0 Å². The third-order valence-corrected chi connectivity index (χ3v) is 5.97. The minimum Gasteiger partial charge on any atom is -0.373 e. The van der Waals surface area contributed by atoms with Crippen molar-refractivity contribution in [1.82, 2.24) is 15.5 Å². The van der Waals surface area contributed by atoms with Crippen molar-refractivity contribution in [3.8, 4) is 0 Å². The molecule has 8 heteroatoms. The first-order chi connectivity index (χ1) is 14.3. The highest BCUT2D eigenvalue weighted by atomic mass is 19.4. The van der Waals surface area contributed by atoms with Crippen LogP contribution in [0.5, 0.6) is 0 Å². The monoisotopic (exact) mass is 421 g/mol. The van der Waals surface area contributed by atoms with Gasteiger partial charge in [-0.05, 0) is 62.7 Å². The van der Waals surface area contributed by atoms with Gasteiger partial charge in [-0.3, -0.25) is 5.10 Å². The first kappa shape index (κ1) is 20.8. The molecule has 2 heterocycles. The Balaban J connectivity index is 1.62. The molecule has 1 aliphatic heterocycles. The number of H-pyrrole nitrogens is 1. The number of aromatic nitrogens is 2. The van der Waals surface area contributed by atoms with Crippen molar-refractivity contribution in [3.05, 3.63) is 65.1 Å². The number of nitrogens with zero attached hydrogens (tertiary/aromatic N) is 1. The van der Waals surface area contributed by atoms with E-state index in [4.69, 9.17) is 4.74 Å². The van der Waals surface area contributed by atoms with Crippen molar-refractivity contribution in [1.29, 1.82) is 0 Å². The minimum atomic E-state index is -4.45. The number of ether oxygens (including phenoxy) is 1. The summed E-state index contributed by atoms with van der Waals surface area (Å²) < 4.78 is 59.6. The third kappa shape index (κ3) is 4.06. The van der Waals surface area contributed by atoms with Crippen LogP contribution < -0.4 is 5.32 Å². The molecule has 160 valence electrons. The molecule has 1 fully saturated rings. The first-order valence-electron chi connectivity index (χ1n) is 9.91. The highest BCUT2D eigenvalue weighted by Gasteiger charge is 2.36. The Morgan fingerprint density at radius 2 is 1.83 bits per heavy atom. The Hall–Kier alpha value is -2.45. The van der Waals surface area contributed by atoms with E-state index in [-0.39, 0.29) is 11.2 Å². The molecule has 4 nitrogen and oxygen atoms in total. The number of aromatic amines is 1. The van der Waals surface area contributed by atoms with Crippen LogP contribution in [-0.2, 0) is 16.3 Å². The van der Waals surface area contributed by atoms with Crippen molar-refractivity contribution in [2.45, 2.75) is 37.5 Å². The van der Waals surface area contributed by atoms with E-state index in [1.807, 2.05) is 0 Å². The van der Waals surface area contributed by atoms with Crippen LogP contribution in [0.4, 0.5) is 17.6 Å². The van der Waals surface area contributed by atoms with Crippen molar-refractivity contribution < 1.29 is 22.3 Å². The summed E-state index contributed by atoms with van der Waals surface area (Å²) in [5, 5.41) is 10.4. The van der Waals surface area contributed by atoms with E-state index in [1.54, 1.807) is 19.1 Å². The summed E-state index contributed by atoms with van der Waals surface area (Å²) in [6, 6.07) is 8.62. The van der Waals surface area contributed by atoms with Gasteiger partial charge in [0.05, 0.1) is 30.0 Å². The predicted molar refractivity (Wildman–Crippen MR) is 106 cm³/mol. The Morgan fingerprint density at radius 3 is 2.50 bits per heavy atom. The van der Waals surface area contributed by atoms with E-state index in [9.17, 15) is 17.6 Å². The molecule has 2 N–H and O–H groups in total. The molecular weight excluding hydrogens is 398 g/mol. The maximum absolute atomic E-state index is 13.4. The molecule has 2 aromatic carbocycles. The third-order valence-electron chi connectivity index (χ3n) is 5.97. The number of benzene rings is 2. The van der Waals surface area contributed by atoms with Gasteiger partial charge in [-0.25, -0.2) is 4.39 Å². The van der Waals surface area contributed by atoms with Gasteiger partial charge < -0.3 is 10.1 Å². The van der Waals surface area contributed by atoms with E-state index in [2.05, 4.69) is 15.5 Å². The standard InChI is InChI=1S/C22H23F4N3O/c1-14(19-11-17(22(24,25)26)10-15-12-28-29-20(15)19)30-13-21(6-8-27-9-7-21)16-2-4-18(23)5-3-16/h2-5,10-12,14,27H,6-9,13H2,1H3,(H,28,29). The summed E-state index contributed by atoms with van der Waals surface area (Å²) in [5.41, 5.74) is 0.893. The zero-order valence-electron chi connectivity index (χ0n) is 16.5. The second-order valence-corrected chi connectivity index (χ2v) is 7.89. The number of hydrogen-bond donors (Lipinski definition) is 2. The zero-order chi connectivity index (χ0) is 21.4. The summed E-state index contributed by atoms with van der Waals surface area (Å²) in [6.07, 6.45) is -2.05. The van der Waals surface area contributed by atoms with Crippen LogP contribution in [0.25, 0.3) is 10.9 Å². The Kier molecular flexibility index (Phi) is 5.55. The summed E-state index contributed by atoms with van der Waals surface area (Å²) >= 11 is 0. The van der Waals surface area contributed by atoms with Crippen molar-refractivity contribution >= 4 is 10.9 Å². The van der Waals surface area contributed by atoms with E-state index in [1.165, 1.54) is 18.3 Å². The van der Waals surface area contributed by atoms with E-state index < -0.39 is 17.8 Å².